The van der Waals surface area contributed by atoms with Crippen LogP contribution in [0.15, 0.2) is 23.8 Å². The number of ether oxygens (including phenoxy) is 2. The molecule has 0 radical (unpaired) electrons. The molecular weight excluding hydrogens is 426 g/mol. The Balaban J connectivity index is 2.06. The van der Waals surface area contributed by atoms with Gasteiger partial charge in [-0.3, -0.25) is 9.59 Å². The Morgan fingerprint density at radius 2 is 1.79 bits per heavy atom. The molecule has 2 aliphatic heterocycles. The third kappa shape index (κ3) is 5.75. The summed E-state index contributed by atoms with van der Waals surface area (Å²) in [6.07, 6.45) is 1.19. The monoisotopic (exact) mass is 461 g/mol. The van der Waals surface area contributed by atoms with Crippen LogP contribution in [0.5, 0.6) is 11.5 Å². The zero-order chi connectivity index (χ0) is 24.4. The fourth-order valence-corrected chi connectivity index (χ4v) is 4.62. The number of phenolic OH excluding ortho intramolecular Hbond substituents is 2. The molecule has 8 heteroatoms. The lowest BCUT2D eigenvalue weighted by Crippen LogP contribution is -2.39. The van der Waals surface area contributed by atoms with Crippen LogP contribution in [0.1, 0.15) is 65.5 Å². The maximum atomic E-state index is 12.8. The van der Waals surface area contributed by atoms with Crippen LogP contribution in [0.25, 0.3) is 0 Å². The number of benzene rings is 1. The van der Waals surface area contributed by atoms with Crippen molar-refractivity contribution in [2.24, 2.45) is 17.8 Å². The second-order valence-corrected chi connectivity index (χ2v) is 9.49. The molecule has 0 aromatic heterocycles. The van der Waals surface area contributed by atoms with Gasteiger partial charge in [-0.2, -0.15) is 0 Å². The van der Waals surface area contributed by atoms with Gasteiger partial charge in [0, 0.05) is 29.9 Å². The number of aliphatic hydroxyl groups is 1. The van der Waals surface area contributed by atoms with Crippen LogP contribution in [0.4, 0.5) is 5.69 Å². The molecule has 2 aliphatic rings. The second-order valence-electron chi connectivity index (χ2n) is 9.49. The third-order valence-electron chi connectivity index (χ3n) is 6.55. The standard InChI is InChI=1S/C25H35NO7/c1-12-8-13(2)22(29)15(4)25(31)26-19-11-17(27)10-18(23(19)30)24(14(3)9-12)33-21-7-6-20(28)16(5)32-21/h9-11,13-16,20-21,24,27-28,30H,6-8H2,1-5H3,(H,26,31). The molecule has 2 bridgehead atoms. The van der Waals surface area contributed by atoms with Crippen molar-refractivity contribution in [3.8, 4) is 11.5 Å². The molecule has 1 amide bonds. The van der Waals surface area contributed by atoms with Crippen molar-refractivity contribution in [2.75, 3.05) is 5.32 Å². The number of amides is 1. The van der Waals surface area contributed by atoms with Crippen LogP contribution in [-0.4, -0.2) is 45.5 Å². The molecule has 0 aliphatic carbocycles. The molecular formula is C25H35NO7. The van der Waals surface area contributed by atoms with E-state index in [4.69, 9.17) is 9.47 Å². The van der Waals surface area contributed by atoms with Crippen LogP contribution in [0.3, 0.4) is 0 Å². The predicted molar refractivity (Wildman–Crippen MR) is 123 cm³/mol. The van der Waals surface area contributed by atoms with Crippen molar-refractivity contribution in [3.63, 3.8) is 0 Å². The first-order valence-electron chi connectivity index (χ1n) is 11.5. The maximum absolute atomic E-state index is 12.8. The van der Waals surface area contributed by atoms with Gasteiger partial charge in [-0.15, -0.1) is 0 Å². The highest BCUT2D eigenvalue weighted by Crippen LogP contribution is 2.43. The molecule has 1 aromatic rings. The molecule has 7 atom stereocenters. The number of phenols is 2. The molecule has 33 heavy (non-hydrogen) atoms. The number of carbonyl (C=O) groups is 2. The summed E-state index contributed by atoms with van der Waals surface area (Å²) in [5.41, 5.74) is 1.27. The van der Waals surface area contributed by atoms with Crippen LogP contribution in [0, 0.1) is 17.8 Å². The van der Waals surface area contributed by atoms with E-state index in [1.54, 1.807) is 13.8 Å². The smallest absolute Gasteiger partial charge is 0.234 e. The van der Waals surface area contributed by atoms with Crippen molar-refractivity contribution in [2.45, 2.75) is 78.5 Å². The third-order valence-corrected chi connectivity index (χ3v) is 6.55. The lowest BCUT2D eigenvalue weighted by Gasteiger charge is -2.35. The highest BCUT2D eigenvalue weighted by atomic mass is 16.7. The van der Waals surface area contributed by atoms with Gasteiger partial charge in [-0.05, 0) is 39.7 Å². The lowest BCUT2D eigenvalue weighted by molar-refractivity contribution is -0.240. The number of nitrogens with one attached hydrogen (secondary N) is 1. The first-order chi connectivity index (χ1) is 15.5. The number of anilines is 1. The summed E-state index contributed by atoms with van der Waals surface area (Å²) >= 11 is 0. The topological polar surface area (TPSA) is 125 Å². The number of carbonyl (C=O) groups excluding carboxylic acids is 2. The van der Waals surface area contributed by atoms with Gasteiger partial charge in [-0.25, -0.2) is 0 Å². The summed E-state index contributed by atoms with van der Waals surface area (Å²) in [5.74, 6) is -2.66. The quantitative estimate of drug-likeness (QED) is 0.228. The Hall–Kier alpha value is -2.42. The molecule has 1 fully saturated rings. The minimum absolute atomic E-state index is 0.0106. The fraction of sp³-hybridized carbons (Fsp3) is 0.600. The highest BCUT2D eigenvalue weighted by Gasteiger charge is 2.34. The van der Waals surface area contributed by atoms with Crippen molar-refractivity contribution in [1.29, 1.82) is 0 Å². The zero-order valence-electron chi connectivity index (χ0n) is 19.9. The van der Waals surface area contributed by atoms with E-state index in [9.17, 15) is 24.9 Å². The molecule has 1 saturated heterocycles. The van der Waals surface area contributed by atoms with Gasteiger partial charge in [0.15, 0.2) is 6.29 Å². The van der Waals surface area contributed by atoms with E-state index in [1.807, 2.05) is 19.9 Å². The number of fused-ring (bicyclic) bond motifs is 2. The Kier molecular flexibility index (Phi) is 7.82. The average Bonchev–Trinajstić information content (AvgIpc) is 2.74. The summed E-state index contributed by atoms with van der Waals surface area (Å²) < 4.78 is 12.1. The van der Waals surface area contributed by atoms with E-state index < -0.39 is 36.4 Å². The minimum Gasteiger partial charge on any atom is -0.508 e. The SMILES string of the molecule is CC1=CC(C)C(OC2CCC(O)C(C)O2)c2cc(O)cc(c2O)NC(=O)C(C)C(=O)C(C)C1. The van der Waals surface area contributed by atoms with Crippen LogP contribution < -0.4 is 5.32 Å². The van der Waals surface area contributed by atoms with E-state index in [-0.39, 0.29) is 34.8 Å². The number of hydrogen-bond donors (Lipinski definition) is 4. The normalized spacial score (nSPS) is 33.9. The predicted octanol–water partition coefficient (Wildman–Crippen LogP) is 3.81. The largest absolute Gasteiger partial charge is 0.508 e. The number of aromatic hydroxyl groups is 2. The summed E-state index contributed by atoms with van der Waals surface area (Å²) in [5, 5.41) is 34.0. The van der Waals surface area contributed by atoms with Gasteiger partial charge in [0.25, 0.3) is 0 Å². The van der Waals surface area contributed by atoms with Crippen LogP contribution >= 0.6 is 0 Å². The molecule has 182 valence electrons. The second kappa shape index (κ2) is 10.2. The molecule has 7 unspecified atom stereocenters. The molecule has 4 N–H and O–H groups in total. The molecule has 0 saturated carbocycles. The van der Waals surface area contributed by atoms with Gasteiger partial charge in [0.2, 0.25) is 5.91 Å². The molecule has 8 nitrogen and oxygen atoms in total. The molecule has 0 spiro atoms. The van der Waals surface area contributed by atoms with Crippen molar-refractivity contribution in [3.05, 3.63) is 29.3 Å². The van der Waals surface area contributed by atoms with E-state index in [0.29, 0.717) is 24.8 Å². The van der Waals surface area contributed by atoms with Gasteiger partial charge < -0.3 is 30.1 Å². The van der Waals surface area contributed by atoms with Gasteiger partial charge >= 0.3 is 0 Å². The highest BCUT2D eigenvalue weighted by molar-refractivity contribution is 6.08. The first-order valence-corrected chi connectivity index (χ1v) is 11.5. The van der Waals surface area contributed by atoms with Crippen LogP contribution in [0.2, 0.25) is 0 Å². The number of allylic oxidation sites excluding steroid dienone is 1. The minimum atomic E-state index is -0.910. The fourth-order valence-electron chi connectivity index (χ4n) is 4.62. The Morgan fingerprint density at radius 3 is 2.45 bits per heavy atom. The molecule has 2 heterocycles. The van der Waals surface area contributed by atoms with Gasteiger partial charge in [0.05, 0.1) is 29.9 Å². The van der Waals surface area contributed by atoms with Crippen molar-refractivity contribution < 1.29 is 34.4 Å². The average molecular weight is 462 g/mol. The number of Topliss-reactive ketones (excluding diaryl/α,β-unsaturated/α-hetero) is 1. The van der Waals surface area contributed by atoms with E-state index in [0.717, 1.165) is 5.57 Å². The lowest BCUT2D eigenvalue weighted by atomic mass is 9.88. The Bertz CT molecular complexity index is 928. The number of aliphatic hydroxyl groups excluding tert-OH is 1. The van der Waals surface area contributed by atoms with Crippen LogP contribution in [-0.2, 0) is 19.1 Å². The first kappa shape index (κ1) is 25.2. The summed E-state index contributed by atoms with van der Waals surface area (Å²) in [4.78, 5) is 25.5. The number of ketones is 1. The number of rotatable bonds is 2. The van der Waals surface area contributed by atoms with E-state index in [2.05, 4.69) is 5.32 Å². The Labute approximate surface area is 194 Å². The summed E-state index contributed by atoms with van der Waals surface area (Å²) in [7, 11) is 0. The van der Waals surface area contributed by atoms with Crippen molar-refractivity contribution >= 4 is 17.4 Å². The zero-order valence-corrected chi connectivity index (χ0v) is 19.9. The van der Waals surface area contributed by atoms with Gasteiger partial charge in [0.1, 0.15) is 17.3 Å². The summed E-state index contributed by atoms with van der Waals surface area (Å²) in [6.45, 7) is 8.96. The maximum Gasteiger partial charge on any atom is 0.234 e. The van der Waals surface area contributed by atoms with Crippen molar-refractivity contribution in [1.82, 2.24) is 0 Å². The number of hydrogen-bond acceptors (Lipinski definition) is 7. The van der Waals surface area contributed by atoms with E-state index >= 15 is 0 Å². The van der Waals surface area contributed by atoms with Gasteiger partial charge in [-0.1, -0.05) is 25.5 Å². The summed E-state index contributed by atoms with van der Waals surface area (Å²) in [6, 6.07) is 2.66. The van der Waals surface area contributed by atoms with E-state index in [1.165, 1.54) is 19.1 Å². The molecule has 3 rings (SSSR count). The Morgan fingerprint density at radius 1 is 1.09 bits per heavy atom. The molecule has 1 aromatic carbocycles.